The van der Waals surface area contributed by atoms with Crippen molar-refractivity contribution >= 4 is 5.91 Å². The predicted octanol–water partition coefficient (Wildman–Crippen LogP) is 1.50. The molecule has 2 saturated heterocycles. The van der Waals surface area contributed by atoms with Gasteiger partial charge in [0.1, 0.15) is 0 Å². The van der Waals surface area contributed by atoms with Crippen molar-refractivity contribution < 1.29 is 4.79 Å². The average Bonchev–Trinajstić information content (AvgIpc) is 2.61. The lowest BCUT2D eigenvalue weighted by atomic mass is 9.93. The second kappa shape index (κ2) is 7.88. The van der Waals surface area contributed by atoms with Crippen LogP contribution in [-0.4, -0.2) is 60.0 Å². The summed E-state index contributed by atoms with van der Waals surface area (Å²) in [6, 6.07) is 4.57. The summed E-state index contributed by atoms with van der Waals surface area (Å²) in [5.74, 6) is 0.352. The van der Waals surface area contributed by atoms with Gasteiger partial charge in [0.2, 0.25) is 5.91 Å². The van der Waals surface area contributed by atoms with Gasteiger partial charge in [-0.05, 0) is 70.1 Å². The summed E-state index contributed by atoms with van der Waals surface area (Å²) < 4.78 is 0. The number of nitrogens with one attached hydrogen (secondary N) is 1. The molecule has 0 radical (unpaired) electrons. The van der Waals surface area contributed by atoms with Crippen molar-refractivity contribution in [2.24, 2.45) is 5.92 Å². The van der Waals surface area contributed by atoms with Crippen LogP contribution in [-0.2, 0) is 11.3 Å². The highest BCUT2D eigenvalue weighted by Gasteiger charge is 2.30. The molecule has 1 aromatic rings. The third-order valence-corrected chi connectivity index (χ3v) is 5.24. The number of nitrogens with zero attached hydrogens (tertiary/aromatic N) is 3. The van der Waals surface area contributed by atoms with Crippen molar-refractivity contribution in [1.29, 1.82) is 0 Å². The molecule has 0 saturated carbocycles. The summed E-state index contributed by atoms with van der Waals surface area (Å²) in [6.45, 7) is 5.05. The van der Waals surface area contributed by atoms with Gasteiger partial charge in [0.15, 0.2) is 0 Å². The van der Waals surface area contributed by atoms with Crippen LogP contribution >= 0.6 is 0 Å². The Morgan fingerprint density at radius 3 is 2.70 bits per heavy atom. The number of amides is 1. The Bertz CT molecular complexity index is 499. The number of hydrogen-bond donors (Lipinski definition) is 1. The first-order chi connectivity index (χ1) is 11.2. The minimum Gasteiger partial charge on any atom is -0.352 e. The smallest absolute Gasteiger partial charge is 0.224 e. The van der Waals surface area contributed by atoms with E-state index < -0.39 is 0 Å². The largest absolute Gasteiger partial charge is 0.352 e. The fourth-order valence-corrected chi connectivity index (χ4v) is 3.75. The Balaban J connectivity index is 1.48. The number of piperidine rings is 2. The number of aromatic nitrogens is 1. The van der Waals surface area contributed by atoms with Crippen molar-refractivity contribution in [3.63, 3.8) is 0 Å². The molecule has 2 aliphatic rings. The molecule has 1 amide bonds. The Hall–Kier alpha value is -1.46. The second-order valence-electron chi connectivity index (χ2n) is 6.94. The second-order valence-corrected chi connectivity index (χ2v) is 6.94. The third kappa shape index (κ3) is 4.52. The number of hydrogen-bond acceptors (Lipinski definition) is 4. The number of carbonyl (C=O) groups is 1. The Kier molecular flexibility index (Phi) is 5.62. The minimum absolute atomic E-state index is 0.144. The molecule has 0 bridgehead atoms. The highest BCUT2D eigenvalue weighted by atomic mass is 16.1. The SMILES string of the molecule is CN1CCC(N2CCC[C@@H](C(=O)NCc3ccncc3)C2)CC1. The van der Waals surface area contributed by atoms with Gasteiger partial charge in [-0.2, -0.15) is 0 Å². The molecular formula is C18H28N4O. The summed E-state index contributed by atoms with van der Waals surface area (Å²) in [4.78, 5) is 21.5. The molecule has 0 spiro atoms. The maximum absolute atomic E-state index is 12.5. The molecule has 126 valence electrons. The molecular weight excluding hydrogens is 288 g/mol. The van der Waals surface area contributed by atoms with Gasteiger partial charge in [-0.25, -0.2) is 0 Å². The first-order valence-electron chi connectivity index (χ1n) is 8.81. The van der Waals surface area contributed by atoms with Gasteiger partial charge >= 0.3 is 0 Å². The molecule has 1 atom stereocenters. The highest BCUT2D eigenvalue weighted by molar-refractivity contribution is 5.78. The lowest BCUT2D eigenvalue weighted by Crippen LogP contribution is -2.50. The average molecular weight is 316 g/mol. The molecule has 1 aromatic heterocycles. The van der Waals surface area contributed by atoms with E-state index in [9.17, 15) is 4.79 Å². The van der Waals surface area contributed by atoms with E-state index in [1.807, 2.05) is 12.1 Å². The van der Waals surface area contributed by atoms with E-state index in [1.54, 1.807) is 12.4 Å². The van der Waals surface area contributed by atoms with Gasteiger partial charge in [0.05, 0.1) is 5.92 Å². The van der Waals surface area contributed by atoms with Gasteiger partial charge < -0.3 is 10.2 Å². The number of likely N-dealkylation sites (tertiary alicyclic amines) is 2. The molecule has 5 nitrogen and oxygen atoms in total. The van der Waals surface area contributed by atoms with E-state index in [1.165, 1.54) is 25.9 Å². The predicted molar refractivity (Wildman–Crippen MR) is 90.9 cm³/mol. The fraction of sp³-hybridized carbons (Fsp3) is 0.667. The Morgan fingerprint density at radius 2 is 1.96 bits per heavy atom. The molecule has 0 unspecified atom stereocenters. The maximum Gasteiger partial charge on any atom is 0.224 e. The van der Waals surface area contributed by atoms with Crippen molar-refractivity contribution in [2.75, 3.05) is 33.2 Å². The van der Waals surface area contributed by atoms with E-state index in [2.05, 4.69) is 27.1 Å². The quantitative estimate of drug-likeness (QED) is 0.915. The van der Waals surface area contributed by atoms with Gasteiger partial charge in [-0.1, -0.05) is 0 Å². The number of pyridine rings is 1. The first-order valence-corrected chi connectivity index (χ1v) is 8.81. The van der Waals surface area contributed by atoms with E-state index in [-0.39, 0.29) is 11.8 Å². The third-order valence-electron chi connectivity index (χ3n) is 5.24. The van der Waals surface area contributed by atoms with Crippen LogP contribution in [0.1, 0.15) is 31.2 Å². The first kappa shape index (κ1) is 16.4. The Morgan fingerprint density at radius 1 is 1.22 bits per heavy atom. The van der Waals surface area contributed by atoms with E-state index in [0.717, 1.165) is 31.5 Å². The summed E-state index contributed by atoms with van der Waals surface area (Å²) in [6.07, 6.45) is 8.17. The normalized spacial score (nSPS) is 24.5. The van der Waals surface area contributed by atoms with Crippen LogP contribution in [0.2, 0.25) is 0 Å². The van der Waals surface area contributed by atoms with E-state index in [0.29, 0.717) is 12.6 Å². The zero-order chi connectivity index (χ0) is 16.1. The molecule has 1 N–H and O–H groups in total. The topological polar surface area (TPSA) is 48.5 Å². The number of carbonyl (C=O) groups excluding carboxylic acids is 1. The van der Waals surface area contributed by atoms with Gasteiger partial charge in [-0.3, -0.25) is 14.7 Å². The zero-order valence-corrected chi connectivity index (χ0v) is 14.1. The molecule has 23 heavy (non-hydrogen) atoms. The van der Waals surface area contributed by atoms with Crippen LogP contribution in [0.4, 0.5) is 0 Å². The van der Waals surface area contributed by atoms with Crippen LogP contribution in [0.25, 0.3) is 0 Å². The van der Waals surface area contributed by atoms with Crippen molar-refractivity contribution in [2.45, 2.75) is 38.3 Å². The lowest BCUT2D eigenvalue weighted by molar-refractivity contribution is -0.127. The lowest BCUT2D eigenvalue weighted by Gasteiger charge is -2.41. The molecule has 0 aromatic carbocycles. The highest BCUT2D eigenvalue weighted by Crippen LogP contribution is 2.23. The molecule has 3 rings (SSSR count). The fourth-order valence-electron chi connectivity index (χ4n) is 3.75. The maximum atomic E-state index is 12.5. The minimum atomic E-state index is 0.144. The number of rotatable bonds is 4. The molecule has 2 fully saturated rings. The van der Waals surface area contributed by atoms with Gasteiger partial charge in [0.25, 0.3) is 0 Å². The molecule has 2 aliphatic heterocycles. The van der Waals surface area contributed by atoms with Crippen LogP contribution in [0.5, 0.6) is 0 Å². The van der Waals surface area contributed by atoms with Crippen molar-refractivity contribution in [3.05, 3.63) is 30.1 Å². The van der Waals surface area contributed by atoms with E-state index >= 15 is 0 Å². The summed E-state index contributed by atoms with van der Waals surface area (Å²) in [7, 11) is 2.20. The standard InChI is InChI=1S/C18H28N4O/c1-21-11-6-17(7-12-21)22-10-2-3-16(14-22)18(23)20-13-15-4-8-19-9-5-15/h4-5,8-9,16-17H,2-3,6-7,10-14H2,1H3,(H,20,23)/t16-/m1/s1. The molecule has 0 aliphatic carbocycles. The van der Waals surface area contributed by atoms with Crippen molar-refractivity contribution in [3.8, 4) is 0 Å². The van der Waals surface area contributed by atoms with E-state index in [4.69, 9.17) is 0 Å². The molecule has 3 heterocycles. The molecule has 5 heteroatoms. The summed E-state index contributed by atoms with van der Waals surface area (Å²) >= 11 is 0. The van der Waals surface area contributed by atoms with Crippen LogP contribution in [0, 0.1) is 5.92 Å². The van der Waals surface area contributed by atoms with Gasteiger partial charge in [0, 0.05) is 31.5 Å². The van der Waals surface area contributed by atoms with Crippen LogP contribution in [0.3, 0.4) is 0 Å². The van der Waals surface area contributed by atoms with Crippen molar-refractivity contribution in [1.82, 2.24) is 20.1 Å². The summed E-state index contributed by atoms with van der Waals surface area (Å²) in [5.41, 5.74) is 1.11. The monoisotopic (exact) mass is 316 g/mol. The van der Waals surface area contributed by atoms with Crippen LogP contribution in [0.15, 0.2) is 24.5 Å². The van der Waals surface area contributed by atoms with Crippen LogP contribution < -0.4 is 5.32 Å². The van der Waals surface area contributed by atoms with Gasteiger partial charge in [-0.15, -0.1) is 0 Å². The zero-order valence-electron chi connectivity index (χ0n) is 14.1. The Labute approximate surface area is 139 Å². The summed E-state index contributed by atoms with van der Waals surface area (Å²) in [5, 5.41) is 3.10.